The van der Waals surface area contributed by atoms with E-state index in [9.17, 15) is 0 Å². The van der Waals surface area contributed by atoms with E-state index in [1.54, 1.807) is 0 Å². The summed E-state index contributed by atoms with van der Waals surface area (Å²) in [6.45, 7) is 2.04. The monoisotopic (exact) mass is 159 g/mol. The molecule has 0 heterocycles. The van der Waals surface area contributed by atoms with Gasteiger partial charge in [-0.15, -0.1) is 0 Å². The van der Waals surface area contributed by atoms with Crippen LogP contribution in [0.25, 0.3) is 0 Å². The van der Waals surface area contributed by atoms with Crippen molar-refractivity contribution in [2.24, 2.45) is 0 Å². The molecule has 0 amide bonds. The second kappa shape index (κ2) is 5.59. The molecule has 0 heteroatoms. The second-order valence-electron chi connectivity index (χ2n) is 2.79. The van der Waals surface area contributed by atoms with E-state index in [1.165, 1.54) is 5.56 Å². The first-order valence-corrected chi connectivity index (χ1v) is 4.42. The van der Waals surface area contributed by atoms with Crippen molar-refractivity contribution in [3.8, 4) is 0 Å². The van der Waals surface area contributed by atoms with Crippen molar-refractivity contribution in [2.75, 3.05) is 0 Å². The third-order valence-corrected chi connectivity index (χ3v) is 1.77. The molecule has 0 spiro atoms. The van der Waals surface area contributed by atoms with Crippen LogP contribution in [0, 0.1) is 6.42 Å². The zero-order valence-corrected chi connectivity index (χ0v) is 7.53. The minimum atomic E-state index is 1.13. The Morgan fingerprint density at radius 3 is 2.58 bits per heavy atom. The maximum Gasteiger partial charge on any atom is -0.0202 e. The highest BCUT2D eigenvalue weighted by atomic mass is 13.9. The summed E-state index contributed by atoms with van der Waals surface area (Å²) in [5.74, 6) is 0. The molecule has 1 aromatic rings. The molecule has 0 aromatic heterocycles. The van der Waals surface area contributed by atoms with E-state index in [1.807, 2.05) is 6.92 Å². The van der Waals surface area contributed by atoms with Crippen LogP contribution in [-0.2, 0) is 6.42 Å². The molecule has 12 heavy (non-hydrogen) atoms. The Balaban J connectivity index is 2.29. The summed E-state index contributed by atoms with van der Waals surface area (Å²) in [6.07, 6.45) is 8.64. The van der Waals surface area contributed by atoms with Gasteiger partial charge in [0, 0.05) is 0 Å². The third kappa shape index (κ3) is 3.38. The van der Waals surface area contributed by atoms with Gasteiger partial charge in [-0.25, -0.2) is 0 Å². The van der Waals surface area contributed by atoms with Crippen molar-refractivity contribution in [1.82, 2.24) is 0 Å². The highest BCUT2D eigenvalue weighted by molar-refractivity contribution is 5.15. The highest BCUT2D eigenvalue weighted by Crippen LogP contribution is 2.02. The molecule has 1 rings (SSSR count). The average Bonchev–Trinajstić information content (AvgIpc) is 2.14. The van der Waals surface area contributed by atoms with E-state index in [-0.39, 0.29) is 0 Å². The summed E-state index contributed by atoms with van der Waals surface area (Å²) in [4.78, 5) is 0. The average molecular weight is 159 g/mol. The van der Waals surface area contributed by atoms with Crippen LogP contribution in [0.1, 0.15) is 18.9 Å². The smallest absolute Gasteiger partial charge is 0.0202 e. The molecule has 63 valence electrons. The lowest BCUT2D eigenvalue weighted by Gasteiger charge is -1.95. The highest BCUT2D eigenvalue weighted by Gasteiger charge is 1.86. The van der Waals surface area contributed by atoms with Gasteiger partial charge in [0.05, 0.1) is 0 Å². The molecule has 0 N–H and O–H groups in total. The van der Waals surface area contributed by atoms with Crippen LogP contribution >= 0.6 is 0 Å². The van der Waals surface area contributed by atoms with Gasteiger partial charge in [0.15, 0.2) is 0 Å². The topological polar surface area (TPSA) is 0 Å². The van der Waals surface area contributed by atoms with Gasteiger partial charge < -0.3 is 0 Å². The zero-order chi connectivity index (χ0) is 8.65. The maximum atomic E-state index is 2.20. The van der Waals surface area contributed by atoms with Gasteiger partial charge in [0.2, 0.25) is 0 Å². The SMILES string of the molecule is C[CH]/C=C/CCc1ccccc1. The molecule has 0 atom stereocenters. The predicted octanol–water partition coefficient (Wildman–Crippen LogP) is 3.40. The van der Waals surface area contributed by atoms with Crippen molar-refractivity contribution < 1.29 is 0 Å². The van der Waals surface area contributed by atoms with Gasteiger partial charge >= 0.3 is 0 Å². The molecular weight excluding hydrogens is 144 g/mol. The standard InChI is InChI=1S/C12H15/c1-2-3-4-6-9-12-10-7-5-8-11-12/h2-5,7-8,10-11H,6,9H2,1H3/b4-3+. The Kier molecular flexibility index (Phi) is 4.22. The first-order valence-electron chi connectivity index (χ1n) is 4.42. The number of hydrogen-bond acceptors (Lipinski definition) is 0. The summed E-state index contributed by atoms with van der Waals surface area (Å²) in [5.41, 5.74) is 1.42. The van der Waals surface area contributed by atoms with Gasteiger partial charge in [-0.2, -0.15) is 0 Å². The lowest BCUT2D eigenvalue weighted by atomic mass is 10.1. The molecule has 0 bridgehead atoms. The van der Waals surface area contributed by atoms with Gasteiger partial charge in [0.1, 0.15) is 0 Å². The molecule has 1 radical (unpaired) electrons. The van der Waals surface area contributed by atoms with Crippen LogP contribution in [0.5, 0.6) is 0 Å². The van der Waals surface area contributed by atoms with E-state index < -0.39 is 0 Å². The second-order valence-corrected chi connectivity index (χ2v) is 2.79. The first-order chi connectivity index (χ1) is 5.93. The minimum Gasteiger partial charge on any atom is -0.0879 e. The largest absolute Gasteiger partial charge is 0.0879 e. The summed E-state index contributed by atoms with van der Waals surface area (Å²) in [7, 11) is 0. The summed E-state index contributed by atoms with van der Waals surface area (Å²) in [6, 6.07) is 10.6. The Labute approximate surface area is 74.9 Å². The molecule has 0 unspecified atom stereocenters. The molecular formula is C12H15. The normalized spacial score (nSPS) is 10.8. The van der Waals surface area contributed by atoms with E-state index >= 15 is 0 Å². The van der Waals surface area contributed by atoms with Crippen molar-refractivity contribution in [3.05, 3.63) is 54.5 Å². The molecule has 0 aliphatic carbocycles. The summed E-state index contributed by atoms with van der Waals surface area (Å²) in [5, 5.41) is 0. The Morgan fingerprint density at radius 2 is 1.92 bits per heavy atom. The van der Waals surface area contributed by atoms with E-state index in [0.29, 0.717) is 0 Å². The summed E-state index contributed by atoms with van der Waals surface area (Å²) >= 11 is 0. The van der Waals surface area contributed by atoms with Crippen LogP contribution in [0.3, 0.4) is 0 Å². The first kappa shape index (κ1) is 9.05. The molecule has 0 aliphatic heterocycles. The molecule has 0 aliphatic rings. The Morgan fingerprint density at radius 1 is 1.17 bits per heavy atom. The number of aryl methyl sites for hydroxylation is 1. The van der Waals surface area contributed by atoms with Gasteiger partial charge in [0.25, 0.3) is 0 Å². The number of benzene rings is 1. The predicted molar refractivity (Wildman–Crippen MR) is 53.9 cm³/mol. The summed E-state index contributed by atoms with van der Waals surface area (Å²) < 4.78 is 0. The fraction of sp³-hybridized carbons (Fsp3) is 0.250. The minimum absolute atomic E-state index is 1.13. The van der Waals surface area contributed by atoms with E-state index in [2.05, 4.69) is 48.9 Å². The van der Waals surface area contributed by atoms with Gasteiger partial charge in [-0.3, -0.25) is 0 Å². The van der Waals surface area contributed by atoms with Crippen molar-refractivity contribution >= 4 is 0 Å². The number of hydrogen-bond donors (Lipinski definition) is 0. The van der Waals surface area contributed by atoms with Crippen LogP contribution < -0.4 is 0 Å². The maximum absolute atomic E-state index is 2.20. The molecule has 1 aromatic carbocycles. The lowest BCUT2D eigenvalue weighted by molar-refractivity contribution is 1.000. The lowest BCUT2D eigenvalue weighted by Crippen LogP contribution is -1.80. The fourth-order valence-electron chi connectivity index (χ4n) is 1.13. The molecule has 0 saturated carbocycles. The fourth-order valence-corrected chi connectivity index (χ4v) is 1.13. The van der Waals surface area contributed by atoms with Crippen molar-refractivity contribution in [1.29, 1.82) is 0 Å². The molecule has 0 saturated heterocycles. The van der Waals surface area contributed by atoms with Crippen molar-refractivity contribution in [2.45, 2.75) is 19.8 Å². The van der Waals surface area contributed by atoms with Crippen molar-refractivity contribution in [3.63, 3.8) is 0 Å². The molecule has 0 nitrogen and oxygen atoms in total. The van der Waals surface area contributed by atoms with Crippen LogP contribution in [-0.4, -0.2) is 0 Å². The quantitative estimate of drug-likeness (QED) is 0.631. The van der Waals surface area contributed by atoms with E-state index in [4.69, 9.17) is 0 Å². The van der Waals surface area contributed by atoms with Crippen LogP contribution in [0.4, 0.5) is 0 Å². The number of rotatable bonds is 4. The van der Waals surface area contributed by atoms with Gasteiger partial charge in [-0.05, 0) is 24.8 Å². The Bertz CT molecular complexity index is 221. The Hall–Kier alpha value is -1.04. The molecule has 0 fully saturated rings. The number of allylic oxidation sites excluding steroid dienone is 2. The van der Waals surface area contributed by atoms with Gasteiger partial charge in [-0.1, -0.05) is 49.4 Å². The van der Waals surface area contributed by atoms with Crippen LogP contribution in [0.15, 0.2) is 42.5 Å². The van der Waals surface area contributed by atoms with E-state index in [0.717, 1.165) is 12.8 Å². The zero-order valence-electron chi connectivity index (χ0n) is 7.53. The van der Waals surface area contributed by atoms with Crippen LogP contribution in [0.2, 0.25) is 0 Å². The third-order valence-electron chi connectivity index (χ3n) is 1.77.